The van der Waals surface area contributed by atoms with Crippen LogP contribution < -0.4 is 10.2 Å². The van der Waals surface area contributed by atoms with E-state index in [1.165, 1.54) is 54.0 Å². The van der Waals surface area contributed by atoms with Gasteiger partial charge in [-0.2, -0.15) is 5.01 Å². The van der Waals surface area contributed by atoms with Gasteiger partial charge in [0.1, 0.15) is 17.3 Å². The number of hydrogen-bond donors (Lipinski definition) is 2. The number of phenols is 1. The molecule has 4 aromatic rings. The third-order valence-electron chi connectivity index (χ3n) is 13.0. The summed E-state index contributed by atoms with van der Waals surface area (Å²) in [4.78, 5) is 63.4. The second-order valence-corrected chi connectivity index (χ2v) is 16.3. The first-order valence-electron chi connectivity index (χ1n) is 19.5. The topological polar surface area (TPSA) is 119 Å². The number of rotatable bonds is 8. The van der Waals surface area contributed by atoms with E-state index in [9.17, 15) is 23.9 Å². The number of nitrogens with zero attached hydrogens (tertiary/aromatic N) is 3. The van der Waals surface area contributed by atoms with Crippen LogP contribution in [0.1, 0.15) is 48.3 Å². The van der Waals surface area contributed by atoms with E-state index in [0.29, 0.717) is 46.8 Å². The minimum absolute atomic E-state index is 0.0480. The van der Waals surface area contributed by atoms with Crippen LogP contribution in [0.3, 0.4) is 0 Å². The molecule has 12 heteroatoms. The summed E-state index contributed by atoms with van der Waals surface area (Å²) in [5.41, 5.74) is 4.82. The number of hydrazine groups is 1. The number of imide groups is 2. The van der Waals surface area contributed by atoms with E-state index in [1.54, 1.807) is 30.3 Å². The van der Waals surface area contributed by atoms with Crippen molar-refractivity contribution in [3.63, 3.8) is 0 Å². The van der Waals surface area contributed by atoms with Crippen LogP contribution in [0.15, 0.2) is 109 Å². The summed E-state index contributed by atoms with van der Waals surface area (Å²) in [5.74, 6) is -5.40. The van der Waals surface area contributed by atoms with Gasteiger partial charge in [-0.25, -0.2) is 4.39 Å². The zero-order chi connectivity index (χ0) is 39.6. The van der Waals surface area contributed by atoms with E-state index in [2.05, 4.69) is 22.5 Å². The van der Waals surface area contributed by atoms with Crippen molar-refractivity contribution in [2.45, 2.75) is 49.6 Å². The van der Waals surface area contributed by atoms with Crippen LogP contribution in [0.4, 0.5) is 10.1 Å². The monoisotopic (exact) mass is 788 g/mol. The molecule has 0 unspecified atom stereocenters. The lowest BCUT2D eigenvalue weighted by Crippen LogP contribution is -2.53. The Balaban J connectivity index is 1.12. The molecule has 0 radical (unpaired) electrons. The van der Waals surface area contributed by atoms with E-state index in [4.69, 9.17) is 16.3 Å². The molecule has 0 aromatic heterocycles. The van der Waals surface area contributed by atoms with E-state index < -0.39 is 52.6 Å². The van der Waals surface area contributed by atoms with E-state index in [-0.39, 0.29) is 30.0 Å². The molecule has 5 aliphatic rings. The molecule has 3 aliphatic heterocycles. The average molecular weight is 789 g/mol. The van der Waals surface area contributed by atoms with Crippen LogP contribution in [-0.2, 0) is 31.1 Å². The largest absolute Gasteiger partial charge is 0.508 e. The fraction of sp³-hybridized carbons (Fsp3) is 0.333. The number of aromatic hydroxyl groups is 1. The molecule has 9 rings (SSSR count). The molecule has 6 atom stereocenters. The molecule has 2 N–H and O–H groups in total. The maximum atomic E-state index is 15.4. The number of benzene rings is 4. The zero-order valence-electron chi connectivity index (χ0n) is 31.3. The van der Waals surface area contributed by atoms with Crippen molar-refractivity contribution in [1.29, 1.82) is 0 Å². The molecule has 2 aliphatic carbocycles. The highest BCUT2D eigenvalue weighted by Crippen LogP contribution is 2.65. The second-order valence-electron chi connectivity index (χ2n) is 15.8. The van der Waals surface area contributed by atoms with Crippen molar-refractivity contribution in [2.24, 2.45) is 23.7 Å². The van der Waals surface area contributed by atoms with Crippen molar-refractivity contribution < 1.29 is 33.4 Å². The molecular weight excluding hydrogens is 747 g/mol. The summed E-state index contributed by atoms with van der Waals surface area (Å²) >= 11 is 6.41. The number of carbonyl (C=O) groups excluding carboxylic acids is 4. The Labute approximate surface area is 334 Å². The van der Waals surface area contributed by atoms with Gasteiger partial charge in [0.05, 0.1) is 36.0 Å². The van der Waals surface area contributed by atoms with Crippen LogP contribution in [0.25, 0.3) is 0 Å². The smallest absolute Gasteiger partial charge is 0.260 e. The Morgan fingerprint density at radius 2 is 1.60 bits per heavy atom. The number of fused-ring (bicyclic) bond motifs is 4. The van der Waals surface area contributed by atoms with Crippen molar-refractivity contribution in [3.8, 4) is 11.5 Å². The van der Waals surface area contributed by atoms with Gasteiger partial charge in [0.2, 0.25) is 11.8 Å². The predicted octanol–water partition coefficient (Wildman–Crippen LogP) is 6.84. The lowest BCUT2D eigenvalue weighted by atomic mass is 9.49. The molecule has 4 amide bonds. The van der Waals surface area contributed by atoms with Crippen LogP contribution in [-0.4, -0.2) is 69.8 Å². The minimum atomic E-state index is -1.56. The summed E-state index contributed by atoms with van der Waals surface area (Å²) in [5, 5.41) is 12.0. The quantitative estimate of drug-likeness (QED) is 0.147. The van der Waals surface area contributed by atoms with Gasteiger partial charge in [-0.3, -0.25) is 34.4 Å². The Morgan fingerprint density at radius 1 is 0.877 bits per heavy atom. The highest BCUT2D eigenvalue weighted by Gasteiger charge is 2.71. The highest BCUT2D eigenvalue weighted by atomic mass is 35.5. The number of likely N-dealkylation sites (tertiary alicyclic amines) is 2. The summed E-state index contributed by atoms with van der Waals surface area (Å²) in [6, 6.07) is 26.9. The van der Waals surface area contributed by atoms with Crippen molar-refractivity contribution in [2.75, 3.05) is 25.6 Å². The molecule has 4 aromatic carbocycles. The van der Waals surface area contributed by atoms with Crippen LogP contribution in [0, 0.1) is 29.5 Å². The number of anilines is 1. The standard InChI is InChI=1S/C45H42ClFN4O6/c1-57-38-23-32(52)15-16-34(38)40-33-17-18-35-39(43(55)50(41(35)53)31-19-21-49(22-20-31)25-26-5-3-2-4-6-26)36(33)24-37-42(54)51(48-30-13-11-29(47)12-14-30)44(56)45(37,40)27-7-9-28(46)10-8-27/h2-17,23,31,35-37,39-40,48,52H,18-22,24-25H2,1H3/t35-,36+,37-,39-,40+,45+/m0/s1. The van der Waals surface area contributed by atoms with E-state index in [0.717, 1.165) is 30.2 Å². The van der Waals surface area contributed by atoms with Crippen LogP contribution in [0.5, 0.6) is 11.5 Å². The van der Waals surface area contributed by atoms with Gasteiger partial charge in [-0.05, 0) is 85.2 Å². The molecule has 4 fully saturated rings. The molecule has 0 bridgehead atoms. The third kappa shape index (κ3) is 6.01. The summed E-state index contributed by atoms with van der Waals surface area (Å²) < 4.78 is 19.8. The first kappa shape index (κ1) is 37.1. The van der Waals surface area contributed by atoms with Gasteiger partial charge in [0, 0.05) is 48.2 Å². The number of phenolic OH excluding ortho intramolecular Hbond substituents is 1. The fourth-order valence-corrected chi connectivity index (χ4v) is 10.6. The van der Waals surface area contributed by atoms with Gasteiger partial charge in [0.25, 0.3) is 11.8 Å². The van der Waals surface area contributed by atoms with Gasteiger partial charge in [-0.15, -0.1) is 0 Å². The van der Waals surface area contributed by atoms with Crippen molar-refractivity contribution >= 4 is 40.9 Å². The lowest BCUT2D eigenvalue weighted by molar-refractivity contribution is -0.144. The Morgan fingerprint density at radius 3 is 2.30 bits per heavy atom. The number of halogens is 2. The number of methoxy groups -OCH3 is 1. The van der Waals surface area contributed by atoms with Crippen molar-refractivity contribution in [1.82, 2.24) is 14.8 Å². The summed E-state index contributed by atoms with van der Waals surface area (Å²) in [6.07, 6.45) is 3.76. The number of hydrogen-bond acceptors (Lipinski definition) is 8. The Hall–Kier alpha value is -5.52. The molecule has 57 heavy (non-hydrogen) atoms. The van der Waals surface area contributed by atoms with Crippen LogP contribution >= 0.6 is 11.6 Å². The van der Waals surface area contributed by atoms with Gasteiger partial charge >= 0.3 is 0 Å². The number of amides is 4. The summed E-state index contributed by atoms with van der Waals surface area (Å²) in [6.45, 7) is 2.30. The SMILES string of the molecule is COc1cc(O)ccc1[C@H]1C2=CC[C@@H]3C(=O)N(C4CCN(Cc5ccccc5)CC4)C(=O)[C@@H]3[C@@H]2C[C@H]2C(=O)N(Nc3ccc(F)cc3)C(=O)[C@@]12c1ccc(Cl)cc1. The number of piperidine rings is 1. The number of carbonyl (C=O) groups is 4. The molecule has 3 heterocycles. The highest BCUT2D eigenvalue weighted by molar-refractivity contribution is 6.30. The molecule has 3 saturated heterocycles. The first-order chi connectivity index (χ1) is 27.6. The van der Waals surface area contributed by atoms with E-state index >= 15 is 4.79 Å². The molecule has 292 valence electrons. The molecule has 0 spiro atoms. The predicted molar refractivity (Wildman–Crippen MR) is 210 cm³/mol. The molecule has 1 saturated carbocycles. The molecule has 10 nitrogen and oxygen atoms in total. The minimum Gasteiger partial charge on any atom is -0.508 e. The fourth-order valence-electron chi connectivity index (χ4n) is 10.5. The first-order valence-corrected chi connectivity index (χ1v) is 19.8. The Bertz CT molecular complexity index is 2280. The van der Waals surface area contributed by atoms with Gasteiger partial charge in [-0.1, -0.05) is 71.8 Å². The summed E-state index contributed by atoms with van der Waals surface area (Å²) in [7, 11) is 1.47. The normalized spacial score (nSPS) is 27.6. The third-order valence-corrected chi connectivity index (χ3v) is 13.2. The number of ether oxygens (including phenoxy) is 1. The second kappa shape index (κ2) is 14.5. The maximum Gasteiger partial charge on any atom is 0.260 e. The van der Waals surface area contributed by atoms with E-state index in [1.807, 2.05) is 24.3 Å². The van der Waals surface area contributed by atoms with Crippen molar-refractivity contribution in [3.05, 3.63) is 136 Å². The number of allylic oxidation sites excluding steroid dienone is 2. The maximum absolute atomic E-state index is 15.4. The van der Waals surface area contributed by atoms with Gasteiger partial charge in [0.15, 0.2) is 0 Å². The Kier molecular flexibility index (Phi) is 9.40. The molecular formula is C45H42ClFN4O6. The zero-order valence-corrected chi connectivity index (χ0v) is 32.1. The number of nitrogens with one attached hydrogen (secondary N) is 1. The lowest BCUT2D eigenvalue weighted by Gasteiger charge is -2.50. The average Bonchev–Trinajstić information content (AvgIpc) is 3.60. The van der Waals surface area contributed by atoms with Gasteiger partial charge < -0.3 is 9.84 Å². The van der Waals surface area contributed by atoms with Crippen LogP contribution in [0.2, 0.25) is 5.02 Å².